The minimum absolute atomic E-state index is 0.164. The van der Waals surface area contributed by atoms with Gasteiger partial charge in [0.2, 0.25) is 17.7 Å². The maximum Gasteiger partial charge on any atom is 0.408 e. The molecule has 0 aromatic heterocycles. The number of amides is 4. The summed E-state index contributed by atoms with van der Waals surface area (Å²) in [5, 5.41) is 4.95. The Labute approximate surface area is 246 Å². The van der Waals surface area contributed by atoms with Gasteiger partial charge in [0.25, 0.3) is 0 Å². The number of ether oxygens (including phenoxy) is 1. The van der Waals surface area contributed by atoms with Crippen molar-refractivity contribution in [3.8, 4) is 0 Å². The Kier molecular flexibility index (Phi) is 17.2. The highest BCUT2D eigenvalue weighted by Crippen LogP contribution is 2.40. The smallest absolute Gasteiger partial charge is 0.408 e. The molecule has 2 rings (SSSR count). The van der Waals surface area contributed by atoms with Gasteiger partial charge in [-0.15, -0.1) is 13.2 Å². The second-order valence-corrected chi connectivity index (χ2v) is 12.8. The van der Waals surface area contributed by atoms with E-state index in [0.717, 1.165) is 23.6 Å². The van der Waals surface area contributed by atoms with Gasteiger partial charge in [-0.25, -0.2) is 9.52 Å². The number of alkyl carbamates (subject to hydrolysis) is 1. The molecule has 12 nitrogen and oxygen atoms in total. The van der Waals surface area contributed by atoms with Gasteiger partial charge >= 0.3 is 16.3 Å². The molecule has 4 amide bonds. The van der Waals surface area contributed by atoms with E-state index in [0.29, 0.717) is 13.0 Å². The van der Waals surface area contributed by atoms with Crippen LogP contribution in [-0.2, 0) is 29.3 Å². The van der Waals surface area contributed by atoms with Crippen molar-refractivity contribution in [3.63, 3.8) is 0 Å². The lowest BCUT2D eigenvalue weighted by Gasteiger charge is -2.24. The highest BCUT2D eigenvalue weighted by atomic mass is 32.2. The van der Waals surface area contributed by atoms with E-state index in [1.54, 1.807) is 27.8 Å². The van der Waals surface area contributed by atoms with E-state index < -0.39 is 33.9 Å². The van der Waals surface area contributed by atoms with E-state index in [-0.39, 0.29) is 30.2 Å². The van der Waals surface area contributed by atoms with E-state index in [1.165, 1.54) is 38.3 Å². The van der Waals surface area contributed by atoms with Crippen LogP contribution in [0.4, 0.5) is 4.79 Å². The second kappa shape index (κ2) is 18.5. The fourth-order valence-corrected chi connectivity index (χ4v) is 4.46. The molecule has 3 atom stereocenters. The van der Waals surface area contributed by atoms with Gasteiger partial charge in [-0.05, 0) is 58.8 Å². The minimum Gasteiger partial charge on any atom is -0.444 e. The van der Waals surface area contributed by atoms with Gasteiger partial charge in [-0.2, -0.15) is 12.7 Å². The number of hydrogen-bond donors (Lipinski definition) is 3. The van der Waals surface area contributed by atoms with Crippen LogP contribution in [0.2, 0.25) is 0 Å². The van der Waals surface area contributed by atoms with Crippen LogP contribution >= 0.6 is 0 Å². The molecule has 2 unspecified atom stereocenters. The molecule has 0 spiro atoms. The van der Waals surface area contributed by atoms with Gasteiger partial charge in [0, 0.05) is 33.6 Å². The Hall–Kier alpha value is -2.93. The molecule has 1 aliphatic heterocycles. The summed E-state index contributed by atoms with van der Waals surface area (Å²) in [7, 11) is 0.688. The van der Waals surface area contributed by atoms with Gasteiger partial charge in [0.05, 0.1) is 0 Å². The van der Waals surface area contributed by atoms with Crippen LogP contribution in [0.5, 0.6) is 0 Å². The average Bonchev–Trinajstić information content (AvgIpc) is 3.51. The van der Waals surface area contributed by atoms with Crippen LogP contribution in [0.1, 0.15) is 72.6 Å². The highest BCUT2D eigenvalue weighted by Gasteiger charge is 2.42. The number of likely N-dealkylation sites (N-methyl/N-ethyl adjacent to an activating group) is 1. The zero-order chi connectivity index (χ0) is 31.8. The first kappa shape index (κ1) is 38.1. The fraction of sp³-hybridized carbons (Fsp3) is 0.714. The number of nitrogens with one attached hydrogen (secondary N) is 3. The van der Waals surface area contributed by atoms with E-state index in [9.17, 15) is 27.6 Å². The molecule has 0 aromatic carbocycles. The number of unbranched alkanes of at least 4 members (excludes halogenated alkanes) is 3. The topological polar surface area (TPSA) is 154 Å². The molecule has 2 aliphatic rings. The molecule has 1 aliphatic carbocycles. The molecule has 0 bridgehead atoms. The number of rotatable bonds is 11. The third kappa shape index (κ3) is 15.0. The molecule has 0 radical (unpaired) electrons. The Balaban J connectivity index is 0.000000737. The Morgan fingerprint density at radius 3 is 2.27 bits per heavy atom. The monoisotopic (exact) mass is 601 g/mol. The number of allylic oxidation sites excluding steroid dienone is 2. The van der Waals surface area contributed by atoms with Crippen LogP contribution in [0, 0.1) is 11.8 Å². The van der Waals surface area contributed by atoms with Gasteiger partial charge in [-0.3, -0.25) is 14.4 Å². The Morgan fingerprint density at radius 2 is 1.73 bits per heavy atom. The second-order valence-electron chi connectivity index (χ2n) is 10.9. The minimum atomic E-state index is -3.65. The van der Waals surface area contributed by atoms with Crippen molar-refractivity contribution < 1.29 is 32.3 Å². The molecular weight excluding hydrogens is 550 g/mol. The number of likely N-dealkylation sites (tertiary alicyclic amines) is 1. The van der Waals surface area contributed by atoms with E-state index in [4.69, 9.17) is 4.74 Å². The summed E-state index contributed by atoms with van der Waals surface area (Å²) < 4.78 is 31.1. The van der Waals surface area contributed by atoms with Gasteiger partial charge < -0.3 is 20.3 Å². The molecule has 1 saturated carbocycles. The third-order valence-electron chi connectivity index (χ3n) is 6.15. The zero-order valence-electron chi connectivity index (χ0n) is 25.8. The predicted octanol–water partition coefficient (Wildman–Crippen LogP) is 2.73. The van der Waals surface area contributed by atoms with Crippen molar-refractivity contribution in [1.29, 1.82) is 0 Å². The van der Waals surface area contributed by atoms with Crippen molar-refractivity contribution >= 4 is 34.0 Å². The van der Waals surface area contributed by atoms with Crippen molar-refractivity contribution in [3.05, 3.63) is 25.3 Å². The number of nitrogens with zero attached hydrogens (tertiary/aromatic N) is 2. The lowest BCUT2D eigenvalue weighted by molar-refractivity contribution is -0.137. The van der Waals surface area contributed by atoms with E-state index in [1.807, 2.05) is 6.08 Å². The number of carbonyl (C=O) groups is 4. The molecule has 2 fully saturated rings. The zero-order valence-corrected chi connectivity index (χ0v) is 26.6. The third-order valence-corrected chi connectivity index (χ3v) is 7.57. The summed E-state index contributed by atoms with van der Waals surface area (Å²) in [6, 6.07) is -0.437. The van der Waals surface area contributed by atoms with Crippen LogP contribution < -0.4 is 15.4 Å². The molecular formula is C28H51N5O7S. The van der Waals surface area contributed by atoms with Crippen molar-refractivity contribution in [1.82, 2.24) is 24.6 Å². The standard InChI is InChI=1S/C13H23N3O4.C13H24N2O3S.C2H4/c1-13(2,3)20-12(19)15-8-10(17)16-7-5-6-9(16)11(18)14-4;1-4-5-6-7-8-9-11-10-12(11)13(16)14-19(17,18)15(2)3;1-2/h9H,5-8H2,1-4H3,(H,14,18)(H,15,19);8-9,11-12H,4-7,10H2,1-3H3,(H,14,16);1-2H2/b;9-8-;/t;11?,12-;/m.0./s1. The lowest BCUT2D eigenvalue weighted by Crippen LogP contribution is -2.48. The highest BCUT2D eigenvalue weighted by molar-refractivity contribution is 7.87. The molecule has 1 saturated heterocycles. The predicted molar refractivity (Wildman–Crippen MR) is 160 cm³/mol. The largest absolute Gasteiger partial charge is 0.444 e. The van der Waals surface area contributed by atoms with Crippen molar-refractivity contribution in [2.24, 2.45) is 11.8 Å². The average molecular weight is 602 g/mol. The Morgan fingerprint density at radius 1 is 1.10 bits per heavy atom. The van der Waals surface area contributed by atoms with Gasteiger partial charge in [0.1, 0.15) is 18.2 Å². The SMILES string of the molecule is C=C.CCCCC/C=C\C1C[C@@H]1C(=O)NS(=O)(=O)N(C)C.CNC(=O)C1CCCN1C(=O)CNC(=O)OC(C)(C)C. The van der Waals surface area contributed by atoms with Crippen molar-refractivity contribution in [2.45, 2.75) is 84.3 Å². The molecule has 41 heavy (non-hydrogen) atoms. The lowest BCUT2D eigenvalue weighted by atomic mass is 10.2. The molecule has 1 heterocycles. The first-order valence-electron chi connectivity index (χ1n) is 14.0. The normalized spacial score (nSPS) is 19.8. The summed E-state index contributed by atoms with van der Waals surface area (Å²) in [6.07, 6.45) is 10.3. The quantitative estimate of drug-likeness (QED) is 0.243. The molecule has 13 heteroatoms. The first-order valence-corrected chi connectivity index (χ1v) is 15.5. The van der Waals surface area contributed by atoms with E-state index >= 15 is 0 Å². The molecule has 0 aromatic rings. The number of carbonyl (C=O) groups excluding carboxylic acids is 4. The van der Waals surface area contributed by atoms with Crippen LogP contribution in [-0.4, -0.2) is 87.3 Å². The van der Waals surface area contributed by atoms with Crippen molar-refractivity contribution in [2.75, 3.05) is 34.2 Å². The summed E-state index contributed by atoms with van der Waals surface area (Å²) in [5.41, 5.74) is -0.606. The van der Waals surface area contributed by atoms with Crippen LogP contribution in [0.15, 0.2) is 25.3 Å². The maximum absolute atomic E-state index is 12.0. The summed E-state index contributed by atoms with van der Waals surface area (Å²) >= 11 is 0. The van der Waals surface area contributed by atoms with Crippen LogP contribution in [0.25, 0.3) is 0 Å². The fourth-order valence-electron chi connectivity index (χ4n) is 3.87. The maximum atomic E-state index is 12.0. The molecule has 236 valence electrons. The molecule has 3 N–H and O–H groups in total. The van der Waals surface area contributed by atoms with E-state index in [2.05, 4.69) is 41.5 Å². The van der Waals surface area contributed by atoms with Gasteiger partial charge in [0.15, 0.2) is 0 Å². The Bertz CT molecular complexity index is 992. The summed E-state index contributed by atoms with van der Waals surface area (Å²) in [5.74, 6) is -0.817. The first-order chi connectivity index (χ1) is 19.1. The summed E-state index contributed by atoms with van der Waals surface area (Å²) in [4.78, 5) is 48.3. The van der Waals surface area contributed by atoms with Gasteiger partial charge in [-0.1, -0.05) is 31.9 Å². The summed E-state index contributed by atoms with van der Waals surface area (Å²) in [6.45, 7) is 13.8. The van der Waals surface area contributed by atoms with Crippen LogP contribution in [0.3, 0.4) is 0 Å². The number of hydrogen-bond acceptors (Lipinski definition) is 7.